The Bertz CT molecular complexity index is 1000. The average Bonchev–Trinajstić information content (AvgIpc) is 3.35. The van der Waals surface area contributed by atoms with Gasteiger partial charge in [0, 0.05) is 6.54 Å². The second-order valence-corrected chi connectivity index (χ2v) is 9.63. The Kier molecular flexibility index (Phi) is 11.8. The van der Waals surface area contributed by atoms with Crippen molar-refractivity contribution in [3.05, 3.63) is 23.8 Å². The van der Waals surface area contributed by atoms with E-state index in [9.17, 15) is 19.5 Å². The number of rotatable bonds is 10. The Morgan fingerprint density at radius 3 is 2.11 bits per heavy atom. The molecular formula is C27H37NO10. The molecule has 0 unspecified atom stereocenters. The van der Waals surface area contributed by atoms with E-state index in [1.807, 2.05) is 12.1 Å². The van der Waals surface area contributed by atoms with Gasteiger partial charge in [0.1, 0.15) is 12.2 Å². The van der Waals surface area contributed by atoms with Gasteiger partial charge in [-0.2, -0.15) is 0 Å². The Morgan fingerprint density at radius 2 is 1.58 bits per heavy atom. The molecule has 11 nitrogen and oxygen atoms in total. The van der Waals surface area contributed by atoms with Gasteiger partial charge in [-0.05, 0) is 69.3 Å². The smallest absolute Gasteiger partial charge is 0.336 e. The van der Waals surface area contributed by atoms with E-state index in [1.165, 1.54) is 37.9 Å². The molecule has 2 fully saturated rings. The zero-order valence-corrected chi connectivity index (χ0v) is 21.6. The molecule has 2 aliphatic rings. The van der Waals surface area contributed by atoms with Gasteiger partial charge < -0.3 is 35.0 Å². The maximum Gasteiger partial charge on any atom is 0.336 e. The van der Waals surface area contributed by atoms with Gasteiger partial charge in [-0.25, -0.2) is 4.79 Å². The Hall–Kier alpha value is -3.33. The summed E-state index contributed by atoms with van der Waals surface area (Å²) in [5, 5.41) is 44.2. The number of methoxy groups -OCH3 is 1. The molecule has 0 amide bonds. The first-order valence-corrected chi connectivity index (χ1v) is 12.6. The highest BCUT2D eigenvalue weighted by molar-refractivity contribution is 5.88. The fraction of sp³-hybridized carbons (Fsp3) is 0.593. The Labute approximate surface area is 222 Å². The predicted molar refractivity (Wildman–Crippen MR) is 136 cm³/mol. The van der Waals surface area contributed by atoms with Crippen molar-refractivity contribution in [2.24, 2.45) is 0 Å². The van der Waals surface area contributed by atoms with Crippen LogP contribution in [0.5, 0.6) is 11.5 Å². The molecule has 1 aromatic rings. The van der Waals surface area contributed by atoms with E-state index < -0.39 is 42.0 Å². The van der Waals surface area contributed by atoms with Crippen LogP contribution in [0.4, 0.5) is 0 Å². The molecule has 1 aliphatic heterocycles. The molecule has 0 spiro atoms. The molecule has 1 heterocycles. The number of hydrogen-bond donors (Lipinski definition) is 5. The quantitative estimate of drug-likeness (QED) is 0.278. The van der Waals surface area contributed by atoms with Crippen molar-refractivity contribution in [3.8, 4) is 23.3 Å². The van der Waals surface area contributed by atoms with Crippen molar-refractivity contribution >= 4 is 17.9 Å². The molecule has 1 aromatic carbocycles. The lowest BCUT2D eigenvalue weighted by Gasteiger charge is -2.26. The van der Waals surface area contributed by atoms with Gasteiger partial charge in [-0.3, -0.25) is 14.5 Å². The third-order valence-electron chi connectivity index (χ3n) is 6.42. The summed E-state index contributed by atoms with van der Waals surface area (Å²) >= 11 is 0. The molecule has 0 bridgehead atoms. The minimum atomic E-state index is -2.74. The number of aliphatic hydroxyl groups is 2. The SMILES string of the molecule is COc1ccc(CN2CCCC2)cc1OCC#CC1(O)CCCCC1.O=C(O)CC(O)(CC(=O)O)C(=O)O. The van der Waals surface area contributed by atoms with Gasteiger partial charge in [0.15, 0.2) is 17.1 Å². The first-order chi connectivity index (χ1) is 18.0. The first kappa shape index (κ1) is 30.9. The van der Waals surface area contributed by atoms with Crippen LogP contribution in [0.25, 0.3) is 0 Å². The van der Waals surface area contributed by atoms with Gasteiger partial charge in [-0.1, -0.05) is 24.3 Å². The Morgan fingerprint density at radius 1 is 0.974 bits per heavy atom. The molecule has 5 N–H and O–H groups in total. The van der Waals surface area contributed by atoms with Gasteiger partial charge >= 0.3 is 17.9 Å². The standard InChI is InChI=1S/C21H29NO3.C6H8O7/c1-24-19-9-8-18(17-22-13-5-6-14-22)16-20(19)25-15-7-12-21(23)10-3-2-4-11-21;7-3(8)1-6(13,5(11)12)2-4(9)10/h8-9,16,23H,2-6,10-11,13-15,17H2,1H3;13H,1-2H2,(H,7,8)(H,9,10)(H,11,12). The van der Waals surface area contributed by atoms with E-state index in [4.69, 9.17) is 29.9 Å². The van der Waals surface area contributed by atoms with Crippen LogP contribution in [0.2, 0.25) is 0 Å². The number of nitrogens with zero attached hydrogens (tertiary/aromatic N) is 1. The molecule has 0 radical (unpaired) electrons. The molecule has 3 rings (SSSR count). The number of ether oxygens (including phenoxy) is 2. The molecule has 1 saturated carbocycles. The van der Waals surface area contributed by atoms with Gasteiger partial charge in [0.25, 0.3) is 0 Å². The van der Waals surface area contributed by atoms with Crippen LogP contribution >= 0.6 is 0 Å². The average molecular weight is 536 g/mol. The van der Waals surface area contributed by atoms with E-state index in [1.54, 1.807) is 7.11 Å². The minimum Gasteiger partial charge on any atom is -0.493 e. The maximum absolute atomic E-state index is 10.4. The fourth-order valence-corrected chi connectivity index (χ4v) is 4.42. The highest BCUT2D eigenvalue weighted by Crippen LogP contribution is 2.29. The van der Waals surface area contributed by atoms with Gasteiger partial charge in [-0.15, -0.1) is 0 Å². The second kappa shape index (κ2) is 14.6. The molecule has 0 aromatic heterocycles. The van der Waals surface area contributed by atoms with E-state index in [0.717, 1.165) is 43.7 Å². The molecule has 0 atom stereocenters. The summed E-state index contributed by atoms with van der Waals surface area (Å²) < 4.78 is 11.2. The number of hydrogen-bond acceptors (Lipinski definition) is 8. The number of carboxylic acid groups (broad SMARTS) is 3. The van der Waals surface area contributed by atoms with Crippen LogP contribution in [-0.2, 0) is 20.9 Å². The third kappa shape index (κ3) is 10.2. The summed E-state index contributed by atoms with van der Waals surface area (Å²) in [7, 11) is 1.65. The van der Waals surface area contributed by atoms with Crippen molar-refractivity contribution in [2.75, 3.05) is 26.8 Å². The van der Waals surface area contributed by atoms with Crippen LogP contribution in [-0.4, -0.2) is 86.3 Å². The lowest BCUT2D eigenvalue weighted by molar-refractivity contribution is -0.170. The number of likely N-dealkylation sites (tertiary alicyclic amines) is 1. The van der Waals surface area contributed by atoms with E-state index in [2.05, 4.69) is 22.8 Å². The second-order valence-electron chi connectivity index (χ2n) is 9.63. The summed E-state index contributed by atoms with van der Waals surface area (Å²) in [6.45, 7) is 3.57. The van der Waals surface area contributed by atoms with Crippen LogP contribution in [0, 0.1) is 11.8 Å². The summed E-state index contributed by atoms with van der Waals surface area (Å²) in [6, 6.07) is 6.11. The highest BCUT2D eigenvalue weighted by atomic mass is 16.5. The van der Waals surface area contributed by atoms with Crippen LogP contribution in [0.1, 0.15) is 63.4 Å². The predicted octanol–water partition coefficient (Wildman–Crippen LogP) is 2.12. The molecule has 1 aliphatic carbocycles. The summed E-state index contributed by atoms with van der Waals surface area (Å²) in [5.74, 6) is 2.44. The lowest BCUT2D eigenvalue weighted by Crippen LogP contribution is -2.42. The zero-order chi connectivity index (χ0) is 28.2. The monoisotopic (exact) mass is 535 g/mol. The fourth-order valence-electron chi connectivity index (χ4n) is 4.42. The molecule has 210 valence electrons. The van der Waals surface area contributed by atoms with Crippen molar-refractivity contribution in [1.82, 2.24) is 4.90 Å². The maximum atomic E-state index is 10.4. The number of aliphatic carboxylic acids is 3. The minimum absolute atomic E-state index is 0.270. The normalized spacial score (nSPS) is 16.8. The summed E-state index contributed by atoms with van der Waals surface area (Å²) in [5.41, 5.74) is -2.32. The third-order valence-corrected chi connectivity index (χ3v) is 6.42. The van der Waals surface area contributed by atoms with Crippen molar-refractivity contribution in [2.45, 2.75) is 75.5 Å². The van der Waals surface area contributed by atoms with Crippen molar-refractivity contribution < 1.29 is 49.4 Å². The summed E-state index contributed by atoms with van der Waals surface area (Å²) in [4.78, 5) is 32.9. The summed E-state index contributed by atoms with van der Waals surface area (Å²) in [6.07, 6.45) is 5.14. The lowest BCUT2D eigenvalue weighted by atomic mass is 9.85. The molecule has 38 heavy (non-hydrogen) atoms. The van der Waals surface area contributed by atoms with Crippen molar-refractivity contribution in [3.63, 3.8) is 0 Å². The van der Waals surface area contributed by atoms with Crippen LogP contribution in [0.15, 0.2) is 18.2 Å². The van der Waals surface area contributed by atoms with Crippen LogP contribution in [0.3, 0.4) is 0 Å². The van der Waals surface area contributed by atoms with E-state index >= 15 is 0 Å². The molecule has 11 heteroatoms. The highest BCUT2D eigenvalue weighted by Gasteiger charge is 2.40. The topological polar surface area (TPSA) is 174 Å². The molecule has 1 saturated heterocycles. The van der Waals surface area contributed by atoms with Crippen molar-refractivity contribution in [1.29, 1.82) is 0 Å². The van der Waals surface area contributed by atoms with Gasteiger partial charge in [0.05, 0.1) is 20.0 Å². The Balaban J connectivity index is 0.000000332. The largest absolute Gasteiger partial charge is 0.493 e. The first-order valence-electron chi connectivity index (χ1n) is 12.6. The number of benzene rings is 1. The number of carbonyl (C=O) groups is 3. The van der Waals surface area contributed by atoms with Gasteiger partial charge in [0.2, 0.25) is 0 Å². The number of carboxylic acids is 3. The van der Waals surface area contributed by atoms with E-state index in [-0.39, 0.29) is 6.61 Å². The molecular weight excluding hydrogens is 498 g/mol. The van der Waals surface area contributed by atoms with E-state index in [0.29, 0.717) is 0 Å². The van der Waals surface area contributed by atoms with Crippen LogP contribution < -0.4 is 9.47 Å². The zero-order valence-electron chi connectivity index (χ0n) is 21.6.